The molecule has 5 N–H and O–H groups in total. The Hall–Kier alpha value is -5.40. The van der Waals surface area contributed by atoms with E-state index in [0.717, 1.165) is 67.2 Å². The van der Waals surface area contributed by atoms with Crippen molar-refractivity contribution in [1.29, 1.82) is 0 Å². The second kappa shape index (κ2) is 23.9. The van der Waals surface area contributed by atoms with E-state index >= 15 is 17.6 Å². The van der Waals surface area contributed by atoms with Crippen LogP contribution in [0.3, 0.4) is 0 Å². The first-order valence-electron chi connectivity index (χ1n) is 27.3. The second-order valence-electron chi connectivity index (χ2n) is 22.0. The number of fused-ring (bicyclic) bond motifs is 2. The van der Waals surface area contributed by atoms with E-state index in [1.807, 2.05) is 42.2 Å². The fourth-order valence-corrected chi connectivity index (χ4v) is 13.0. The monoisotopic (exact) mass is 1050 g/mol. The van der Waals surface area contributed by atoms with Gasteiger partial charge in [0.2, 0.25) is 0 Å². The number of anilines is 1. The molecule has 10 rings (SSSR count). The molecule has 75 heavy (non-hydrogen) atoms. The van der Waals surface area contributed by atoms with Crippen LogP contribution in [0.15, 0.2) is 98.5 Å². The molecule has 5 aliphatic rings. The van der Waals surface area contributed by atoms with Gasteiger partial charge in [0.25, 0.3) is 0 Å². The number of rotatable bonds is 10. The molecule has 0 spiro atoms. The zero-order chi connectivity index (χ0) is 53.9. The van der Waals surface area contributed by atoms with Gasteiger partial charge in [0.15, 0.2) is 11.6 Å². The molecule has 13 heteroatoms. The quantitative estimate of drug-likeness (QED) is 0.0948. The minimum absolute atomic E-state index is 0.100. The lowest BCUT2D eigenvalue weighted by molar-refractivity contribution is 0.0656. The Balaban J connectivity index is 0.000000173. The lowest BCUT2D eigenvalue weighted by Gasteiger charge is -2.43. The zero-order valence-electron chi connectivity index (χ0n) is 45.0. The molecule has 0 radical (unpaired) electrons. The molecular formula is C62H79ClF4N8. The van der Waals surface area contributed by atoms with E-state index < -0.39 is 28.7 Å². The molecule has 4 heterocycles. The van der Waals surface area contributed by atoms with E-state index in [2.05, 4.69) is 73.5 Å². The van der Waals surface area contributed by atoms with Gasteiger partial charge in [0, 0.05) is 84.2 Å². The molecule has 2 aliphatic carbocycles. The van der Waals surface area contributed by atoms with Crippen molar-refractivity contribution in [3.8, 4) is 11.1 Å². The summed E-state index contributed by atoms with van der Waals surface area (Å²) in [6, 6.07) is 17.6. The zero-order valence-corrected chi connectivity index (χ0v) is 45.8. The summed E-state index contributed by atoms with van der Waals surface area (Å²) in [6.45, 7) is 25.8. The summed E-state index contributed by atoms with van der Waals surface area (Å²) in [4.78, 5) is 6.82. The van der Waals surface area contributed by atoms with Crippen molar-refractivity contribution in [3.05, 3.63) is 160 Å². The van der Waals surface area contributed by atoms with Gasteiger partial charge >= 0.3 is 0 Å². The number of hydrogen-bond donors (Lipinski definition) is 3. The topological polar surface area (TPSA) is 91.6 Å². The molecule has 3 aliphatic heterocycles. The van der Waals surface area contributed by atoms with Gasteiger partial charge in [0.1, 0.15) is 28.8 Å². The predicted molar refractivity (Wildman–Crippen MR) is 303 cm³/mol. The lowest BCUT2D eigenvalue weighted by Crippen LogP contribution is -2.51. The van der Waals surface area contributed by atoms with E-state index in [9.17, 15) is 0 Å². The van der Waals surface area contributed by atoms with Crippen LogP contribution in [0.25, 0.3) is 27.7 Å². The number of halogens is 5. The molecule has 1 aromatic heterocycles. The van der Waals surface area contributed by atoms with Gasteiger partial charge in [-0.25, -0.2) is 17.6 Å². The average molecular weight is 1050 g/mol. The van der Waals surface area contributed by atoms with Crippen LogP contribution in [-0.2, 0) is 25.3 Å². The average Bonchev–Trinajstić information content (AvgIpc) is 3.89. The van der Waals surface area contributed by atoms with E-state index in [4.69, 9.17) is 23.1 Å². The maximum absolute atomic E-state index is 16.0. The number of likely N-dealkylation sites (tertiary alicyclic amines) is 2. The highest BCUT2D eigenvalue weighted by molar-refractivity contribution is 6.34. The Kier molecular flexibility index (Phi) is 17.8. The molecule has 3 saturated heterocycles. The first kappa shape index (κ1) is 55.8. The molecular weight excluding hydrogens is 968 g/mol. The van der Waals surface area contributed by atoms with Crippen molar-refractivity contribution in [3.63, 3.8) is 0 Å². The van der Waals surface area contributed by atoms with Gasteiger partial charge < -0.3 is 26.6 Å². The number of nitrogens with zero attached hydrogens (tertiary/aromatic N) is 5. The minimum atomic E-state index is -0.577. The Morgan fingerprint density at radius 3 is 2.20 bits per heavy atom. The van der Waals surface area contributed by atoms with Crippen LogP contribution in [0.2, 0.25) is 5.02 Å². The molecule has 2 unspecified atom stereocenters. The minimum Gasteiger partial charge on any atom is -0.399 e. The maximum atomic E-state index is 16.0. The number of hydrogen-bond acceptors (Lipinski definition) is 7. The number of nitrogens with two attached hydrogens (primary N) is 2. The Labute approximate surface area is 448 Å². The van der Waals surface area contributed by atoms with Gasteiger partial charge in [-0.15, -0.1) is 6.58 Å². The Morgan fingerprint density at radius 2 is 1.59 bits per heavy atom. The standard InChI is InChI=1S/C28H29ClF2N2.C26H36F2N6.C8H14/c1-4-8-18-11-12-21(17(3)33)24(27(18)31)25-23-16(2)28(15-32,20-9-6-5-7-10-20)14-19(23)13-22(30)26(25)29;1-16-8-13-34(18(3)29-16)26-21-14-22(27)23(24(28)25(21)32(5)30-26)19-9-11-33(12-10-19)20-7-6-17(2)31(4)15-20;1-2-8-6-4-3-5-7-8/h5-7,9-13,16H,3-4,8,14-15,32-33H2,1-2H3;14,17,19-20,29H,1,3,6-13,15H2,2,4-5H3;2,8H,1,3-7H2/t16-,28+;;/m0../s1. The molecule has 4 aromatic carbocycles. The molecule has 1 saturated carbocycles. The molecule has 0 bridgehead atoms. The van der Waals surface area contributed by atoms with Gasteiger partial charge in [0.05, 0.1) is 10.4 Å². The highest BCUT2D eigenvalue weighted by Crippen LogP contribution is 2.55. The number of likely N-dealkylation sites (N-methyl/N-ethyl adjacent to an activating group) is 1. The van der Waals surface area contributed by atoms with Gasteiger partial charge in [-0.1, -0.05) is 119 Å². The van der Waals surface area contributed by atoms with Crippen molar-refractivity contribution in [2.24, 2.45) is 24.4 Å². The SMILES string of the molecule is C=C(N)c1ccc(CCC)c(F)c1-c1c(Cl)c(F)cc2c1[C@H](C)[C@@](CN)(c1ccccc1)C2.C=C1CCN(c2nn(C)c3c(F)c(C4CCN(C5CCC(C)N(C)C5)CC4)c(F)cc23)C(=C)N1.C=CC1CCCCC1. The fourth-order valence-electron chi connectivity index (χ4n) is 12.8. The number of aryl methyl sites for hydroxylation is 2. The van der Waals surface area contributed by atoms with Crippen LogP contribution in [0.5, 0.6) is 0 Å². The summed E-state index contributed by atoms with van der Waals surface area (Å²) >= 11 is 6.59. The summed E-state index contributed by atoms with van der Waals surface area (Å²) in [5.74, 6) is -0.183. The number of nitrogens with one attached hydrogen (secondary N) is 1. The molecule has 4 atom stereocenters. The van der Waals surface area contributed by atoms with Crippen molar-refractivity contribution < 1.29 is 17.6 Å². The predicted octanol–water partition coefficient (Wildman–Crippen LogP) is 13.8. The summed E-state index contributed by atoms with van der Waals surface area (Å²) in [5.41, 5.74) is 17.9. The number of benzene rings is 4. The smallest absolute Gasteiger partial charge is 0.164 e. The van der Waals surface area contributed by atoms with Crippen molar-refractivity contribution in [1.82, 2.24) is 24.9 Å². The number of piperidine rings is 2. The van der Waals surface area contributed by atoms with Gasteiger partial charge in [-0.05, 0) is 131 Å². The lowest BCUT2D eigenvalue weighted by atomic mass is 9.71. The third-order valence-electron chi connectivity index (χ3n) is 17.3. The van der Waals surface area contributed by atoms with E-state index in [1.165, 1.54) is 61.8 Å². The van der Waals surface area contributed by atoms with Crippen molar-refractivity contribution in [2.45, 2.75) is 134 Å². The molecule has 8 nitrogen and oxygen atoms in total. The van der Waals surface area contributed by atoms with Crippen LogP contribution in [-0.4, -0.2) is 71.4 Å². The van der Waals surface area contributed by atoms with Gasteiger partial charge in [-0.2, -0.15) is 5.10 Å². The van der Waals surface area contributed by atoms with E-state index in [-0.39, 0.29) is 33.7 Å². The summed E-state index contributed by atoms with van der Waals surface area (Å²) in [7, 11) is 3.91. The first-order valence-corrected chi connectivity index (χ1v) is 27.7. The Morgan fingerprint density at radius 1 is 0.880 bits per heavy atom. The third kappa shape index (κ3) is 11.2. The summed E-state index contributed by atoms with van der Waals surface area (Å²) < 4.78 is 64.0. The van der Waals surface area contributed by atoms with Crippen LogP contribution in [0.1, 0.15) is 137 Å². The third-order valence-corrected chi connectivity index (χ3v) is 17.7. The van der Waals surface area contributed by atoms with Crippen molar-refractivity contribution >= 4 is 34.0 Å². The highest BCUT2D eigenvalue weighted by atomic mass is 35.5. The molecule has 4 fully saturated rings. The molecule has 402 valence electrons. The maximum Gasteiger partial charge on any atom is 0.164 e. The number of aromatic nitrogens is 2. The van der Waals surface area contributed by atoms with Gasteiger partial charge in [-0.3, -0.25) is 9.58 Å². The fraction of sp³-hybridized carbons (Fsp3) is 0.468. The van der Waals surface area contributed by atoms with Crippen LogP contribution >= 0.6 is 11.6 Å². The normalized spacial score (nSPS) is 22.8. The largest absolute Gasteiger partial charge is 0.399 e. The second-order valence-corrected chi connectivity index (χ2v) is 22.3. The summed E-state index contributed by atoms with van der Waals surface area (Å²) in [5, 5.41) is 8.06. The Bertz CT molecular complexity index is 2900. The van der Waals surface area contributed by atoms with Crippen LogP contribution in [0.4, 0.5) is 23.4 Å². The van der Waals surface area contributed by atoms with E-state index in [1.54, 1.807) is 19.2 Å². The van der Waals surface area contributed by atoms with E-state index in [0.29, 0.717) is 83.7 Å². The number of allylic oxidation sites excluding steroid dienone is 1. The van der Waals surface area contributed by atoms with Crippen LogP contribution < -0.4 is 21.7 Å². The van der Waals surface area contributed by atoms with Crippen LogP contribution in [0, 0.1) is 29.2 Å². The first-order chi connectivity index (χ1) is 35.9. The molecule has 5 aromatic rings. The molecule has 0 amide bonds. The summed E-state index contributed by atoms with van der Waals surface area (Å²) in [6.07, 6.45) is 15.7. The highest BCUT2D eigenvalue weighted by Gasteiger charge is 2.47. The van der Waals surface area contributed by atoms with Crippen molar-refractivity contribution in [2.75, 3.05) is 44.7 Å².